The summed E-state index contributed by atoms with van der Waals surface area (Å²) in [5.41, 5.74) is 5.52. The number of nitrogens with one attached hydrogen (secondary N) is 1. The first-order valence-corrected chi connectivity index (χ1v) is 8.67. The number of aromatic nitrogens is 1. The van der Waals surface area contributed by atoms with Crippen LogP contribution in [0.5, 0.6) is 0 Å². The number of hydrogen-bond acceptors (Lipinski definition) is 3. The molecule has 0 saturated carbocycles. The molecule has 0 unspecified atom stereocenters. The third-order valence-corrected chi connectivity index (χ3v) is 5.95. The van der Waals surface area contributed by atoms with Gasteiger partial charge in [0.1, 0.15) is 5.82 Å². The lowest BCUT2D eigenvalue weighted by Gasteiger charge is -2.19. The summed E-state index contributed by atoms with van der Waals surface area (Å²) in [6, 6.07) is 5.27. The van der Waals surface area contributed by atoms with Gasteiger partial charge >= 0.3 is 0 Å². The molecular weight excluding hydrogens is 296 g/mol. The molecule has 5 heteroatoms. The maximum absolute atomic E-state index is 12.8. The minimum atomic E-state index is -3.67. The molecule has 2 aromatic rings. The Morgan fingerprint density at radius 1 is 0.818 bits per heavy atom. The minimum Gasteiger partial charge on any atom is -0.263 e. The highest BCUT2D eigenvalue weighted by molar-refractivity contribution is 7.92. The standard InChI is InChI=1S/C17H22N2O2S/c1-10-8-7-9-16(18-10)19-22(20,21)17-14(5)12(3)11(2)13(4)15(17)6/h7-9H,1-6H3,(H,18,19). The normalized spacial score (nSPS) is 11.5. The predicted octanol–water partition coefficient (Wildman–Crippen LogP) is 3.73. The van der Waals surface area contributed by atoms with E-state index in [1.54, 1.807) is 12.1 Å². The van der Waals surface area contributed by atoms with E-state index >= 15 is 0 Å². The van der Waals surface area contributed by atoms with E-state index in [1.165, 1.54) is 0 Å². The smallest absolute Gasteiger partial charge is 0.263 e. The second kappa shape index (κ2) is 5.72. The van der Waals surface area contributed by atoms with Crippen LogP contribution in [0, 0.1) is 41.5 Å². The summed E-state index contributed by atoms with van der Waals surface area (Å²) < 4.78 is 28.2. The fourth-order valence-electron chi connectivity index (χ4n) is 2.66. The molecule has 2 rings (SSSR count). The molecule has 1 aromatic carbocycles. The Hall–Kier alpha value is -1.88. The molecule has 1 N–H and O–H groups in total. The molecule has 118 valence electrons. The third-order valence-electron chi connectivity index (χ3n) is 4.33. The Bertz CT molecular complexity index is 811. The van der Waals surface area contributed by atoms with Crippen molar-refractivity contribution in [3.05, 3.63) is 51.7 Å². The van der Waals surface area contributed by atoms with Crippen LogP contribution in [0.25, 0.3) is 0 Å². The van der Waals surface area contributed by atoms with Crippen LogP contribution >= 0.6 is 0 Å². The number of nitrogens with zero attached hydrogens (tertiary/aromatic N) is 1. The molecule has 4 nitrogen and oxygen atoms in total. The summed E-state index contributed by atoms with van der Waals surface area (Å²) in [5.74, 6) is 0.342. The molecule has 0 aliphatic rings. The Balaban J connectivity index is 2.60. The molecule has 0 spiro atoms. The monoisotopic (exact) mass is 318 g/mol. The van der Waals surface area contributed by atoms with Crippen LogP contribution in [0.15, 0.2) is 23.1 Å². The molecule has 1 heterocycles. The quantitative estimate of drug-likeness (QED) is 0.938. The number of pyridine rings is 1. The number of aryl methyl sites for hydroxylation is 1. The number of anilines is 1. The lowest BCUT2D eigenvalue weighted by molar-refractivity contribution is 0.599. The van der Waals surface area contributed by atoms with Crippen molar-refractivity contribution in [1.82, 2.24) is 4.98 Å². The van der Waals surface area contributed by atoms with Gasteiger partial charge in [-0.25, -0.2) is 13.4 Å². The second-order valence-corrected chi connectivity index (χ2v) is 7.34. The van der Waals surface area contributed by atoms with E-state index in [0.717, 1.165) is 33.5 Å². The van der Waals surface area contributed by atoms with Crippen LogP contribution in [-0.2, 0) is 10.0 Å². The predicted molar refractivity (Wildman–Crippen MR) is 89.9 cm³/mol. The molecule has 22 heavy (non-hydrogen) atoms. The Morgan fingerprint density at radius 2 is 1.32 bits per heavy atom. The van der Waals surface area contributed by atoms with Gasteiger partial charge in [0.15, 0.2) is 0 Å². The van der Waals surface area contributed by atoms with E-state index < -0.39 is 10.0 Å². The van der Waals surface area contributed by atoms with Crippen molar-refractivity contribution in [2.24, 2.45) is 0 Å². The number of rotatable bonds is 3. The van der Waals surface area contributed by atoms with Gasteiger partial charge in [-0.1, -0.05) is 6.07 Å². The Morgan fingerprint density at radius 3 is 1.82 bits per heavy atom. The zero-order chi connectivity index (χ0) is 16.7. The van der Waals surface area contributed by atoms with Gasteiger partial charge in [-0.15, -0.1) is 0 Å². The van der Waals surface area contributed by atoms with E-state index in [0.29, 0.717) is 10.7 Å². The summed E-state index contributed by atoms with van der Waals surface area (Å²) in [6.45, 7) is 11.5. The SMILES string of the molecule is Cc1cccc(NS(=O)(=O)c2c(C)c(C)c(C)c(C)c2C)n1. The van der Waals surface area contributed by atoms with E-state index in [9.17, 15) is 8.42 Å². The van der Waals surface area contributed by atoms with Crippen LogP contribution in [0.4, 0.5) is 5.82 Å². The molecule has 0 aliphatic carbocycles. The largest absolute Gasteiger partial charge is 0.263 e. The first kappa shape index (κ1) is 16.5. The van der Waals surface area contributed by atoms with Crippen molar-refractivity contribution in [3.63, 3.8) is 0 Å². The summed E-state index contributed by atoms with van der Waals surface area (Å²) in [6.07, 6.45) is 0. The summed E-state index contributed by atoms with van der Waals surface area (Å²) in [7, 11) is -3.67. The summed E-state index contributed by atoms with van der Waals surface area (Å²) in [4.78, 5) is 4.57. The maximum Gasteiger partial charge on any atom is 0.263 e. The zero-order valence-corrected chi connectivity index (χ0v) is 14.7. The number of sulfonamides is 1. The van der Waals surface area contributed by atoms with Crippen molar-refractivity contribution >= 4 is 15.8 Å². The molecule has 0 bridgehead atoms. The van der Waals surface area contributed by atoms with Gasteiger partial charge in [-0.3, -0.25) is 4.72 Å². The van der Waals surface area contributed by atoms with Crippen molar-refractivity contribution < 1.29 is 8.42 Å². The van der Waals surface area contributed by atoms with Crippen LogP contribution in [0.2, 0.25) is 0 Å². The molecule has 1 aromatic heterocycles. The van der Waals surface area contributed by atoms with Crippen LogP contribution in [-0.4, -0.2) is 13.4 Å². The molecule has 0 aliphatic heterocycles. The van der Waals surface area contributed by atoms with Crippen molar-refractivity contribution in [3.8, 4) is 0 Å². The fourth-order valence-corrected chi connectivity index (χ4v) is 4.26. The highest BCUT2D eigenvalue weighted by Gasteiger charge is 2.24. The second-order valence-electron chi connectivity index (χ2n) is 5.72. The first-order valence-electron chi connectivity index (χ1n) is 7.18. The van der Waals surface area contributed by atoms with E-state index in [-0.39, 0.29) is 0 Å². The first-order chi connectivity index (χ1) is 10.1. The minimum absolute atomic E-state index is 0.342. The molecule has 0 amide bonds. The fraction of sp³-hybridized carbons (Fsp3) is 0.353. The number of hydrogen-bond donors (Lipinski definition) is 1. The van der Waals surface area contributed by atoms with Crippen LogP contribution in [0.3, 0.4) is 0 Å². The lowest BCUT2D eigenvalue weighted by Crippen LogP contribution is -2.18. The highest BCUT2D eigenvalue weighted by atomic mass is 32.2. The van der Waals surface area contributed by atoms with Crippen molar-refractivity contribution in [2.75, 3.05) is 4.72 Å². The lowest BCUT2D eigenvalue weighted by atomic mass is 9.95. The molecular formula is C17H22N2O2S. The molecule has 0 fully saturated rings. The molecule has 0 atom stereocenters. The van der Waals surface area contributed by atoms with Gasteiger partial charge in [0.05, 0.1) is 4.90 Å². The average Bonchev–Trinajstić information content (AvgIpc) is 2.42. The van der Waals surface area contributed by atoms with E-state index in [2.05, 4.69) is 9.71 Å². The average molecular weight is 318 g/mol. The van der Waals surface area contributed by atoms with Crippen LogP contribution < -0.4 is 4.72 Å². The maximum atomic E-state index is 12.8. The highest BCUT2D eigenvalue weighted by Crippen LogP contribution is 2.30. The number of benzene rings is 1. The van der Waals surface area contributed by atoms with Gasteiger partial charge in [0.25, 0.3) is 10.0 Å². The van der Waals surface area contributed by atoms with Crippen molar-refractivity contribution in [2.45, 2.75) is 46.4 Å². The van der Waals surface area contributed by atoms with E-state index in [1.807, 2.05) is 47.6 Å². The van der Waals surface area contributed by atoms with Gasteiger partial charge in [0, 0.05) is 5.69 Å². The molecule has 0 radical (unpaired) electrons. The van der Waals surface area contributed by atoms with Gasteiger partial charge < -0.3 is 0 Å². The van der Waals surface area contributed by atoms with Gasteiger partial charge in [-0.2, -0.15) is 0 Å². The van der Waals surface area contributed by atoms with Crippen molar-refractivity contribution in [1.29, 1.82) is 0 Å². The van der Waals surface area contributed by atoms with E-state index in [4.69, 9.17) is 0 Å². The Kier molecular flexibility index (Phi) is 4.29. The topological polar surface area (TPSA) is 59.1 Å². The summed E-state index contributed by atoms with van der Waals surface area (Å²) >= 11 is 0. The van der Waals surface area contributed by atoms with Crippen LogP contribution in [0.1, 0.15) is 33.5 Å². The third kappa shape index (κ3) is 2.86. The summed E-state index contributed by atoms with van der Waals surface area (Å²) in [5, 5.41) is 0. The Labute approximate surface area is 132 Å². The van der Waals surface area contributed by atoms with Gasteiger partial charge in [-0.05, 0) is 81.5 Å². The zero-order valence-electron chi connectivity index (χ0n) is 13.9. The van der Waals surface area contributed by atoms with Gasteiger partial charge in [0.2, 0.25) is 0 Å². The molecule has 0 saturated heterocycles.